The molecular formula is C19H22N4OS2. The molecule has 0 amide bonds. The van der Waals surface area contributed by atoms with Crippen molar-refractivity contribution in [3.63, 3.8) is 0 Å². The molecule has 0 radical (unpaired) electrons. The molecule has 136 valence electrons. The number of rotatable bonds is 8. The van der Waals surface area contributed by atoms with Crippen molar-refractivity contribution in [3.8, 4) is 0 Å². The third kappa shape index (κ3) is 3.83. The summed E-state index contributed by atoms with van der Waals surface area (Å²) in [5.41, 5.74) is 2.84. The monoisotopic (exact) mass is 386 g/mol. The maximum Gasteiger partial charge on any atom is 0.191 e. The Morgan fingerprint density at radius 2 is 2.19 bits per heavy atom. The molecule has 3 aromatic heterocycles. The first-order valence-electron chi connectivity index (χ1n) is 8.35. The largest absolute Gasteiger partial charge is 0.345 e. The van der Waals surface area contributed by atoms with E-state index in [1.54, 1.807) is 11.3 Å². The van der Waals surface area contributed by atoms with Crippen molar-refractivity contribution in [3.05, 3.63) is 63.9 Å². The third-order valence-corrected chi connectivity index (χ3v) is 6.25. The molecule has 0 fully saturated rings. The standard InChI is InChI=1S/C19H22N4OS2/c1-5-8-23-13(2)10-16(14(23)3)17(24)12-26-19-21-20-18(22(19)4)11-15-7-6-9-25-15/h5-7,9-10H,1,8,11-12H2,2-4H3. The van der Waals surface area contributed by atoms with Crippen LogP contribution in [0.4, 0.5) is 0 Å². The van der Waals surface area contributed by atoms with Gasteiger partial charge in [0.2, 0.25) is 0 Å². The van der Waals surface area contributed by atoms with Gasteiger partial charge in [0.05, 0.1) is 5.75 Å². The zero-order valence-corrected chi connectivity index (χ0v) is 16.9. The van der Waals surface area contributed by atoms with Crippen molar-refractivity contribution in [2.75, 3.05) is 5.75 Å². The average molecular weight is 387 g/mol. The van der Waals surface area contributed by atoms with Crippen LogP contribution in [-0.2, 0) is 20.0 Å². The van der Waals surface area contributed by atoms with Crippen molar-refractivity contribution in [2.45, 2.75) is 32.0 Å². The second-order valence-electron chi connectivity index (χ2n) is 6.11. The number of carbonyl (C=O) groups excluding carboxylic acids is 1. The van der Waals surface area contributed by atoms with Crippen molar-refractivity contribution in [2.24, 2.45) is 7.05 Å². The normalized spacial score (nSPS) is 11.0. The Kier molecular flexibility index (Phi) is 5.78. The molecule has 26 heavy (non-hydrogen) atoms. The first kappa shape index (κ1) is 18.7. The SMILES string of the molecule is C=CCn1c(C)cc(C(=O)CSc2nnc(Cc3cccs3)n2C)c1C. The molecule has 0 saturated carbocycles. The van der Waals surface area contributed by atoms with E-state index in [9.17, 15) is 4.79 Å². The van der Waals surface area contributed by atoms with Gasteiger partial charge in [0.25, 0.3) is 0 Å². The van der Waals surface area contributed by atoms with E-state index in [2.05, 4.69) is 32.8 Å². The number of aryl methyl sites for hydroxylation is 1. The minimum absolute atomic E-state index is 0.112. The third-order valence-electron chi connectivity index (χ3n) is 4.36. The Labute approximate surface area is 161 Å². The molecule has 0 aliphatic carbocycles. The molecule has 3 aromatic rings. The maximum atomic E-state index is 12.7. The molecule has 0 aliphatic rings. The zero-order valence-electron chi connectivity index (χ0n) is 15.2. The van der Waals surface area contributed by atoms with Gasteiger partial charge in [0.1, 0.15) is 5.82 Å². The van der Waals surface area contributed by atoms with Gasteiger partial charge in [0, 0.05) is 41.8 Å². The first-order valence-corrected chi connectivity index (χ1v) is 10.2. The predicted molar refractivity (Wildman–Crippen MR) is 107 cm³/mol. The van der Waals surface area contributed by atoms with Crippen molar-refractivity contribution in [1.82, 2.24) is 19.3 Å². The Hall–Kier alpha value is -2.12. The van der Waals surface area contributed by atoms with Gasteiger partial charge in [-0.3, -0.25) is 4.79 Å². The molecule has 0 atom stereocenters. The van der Waals surface area contributed by atoms with Gasteiger partial charge in [-0.1, -0.05) is 23.9 Å². The van der Waals surface area contributed by atoms with Crippen LogP contribution < -0.4 is 0 Å². The van der Waals surface area contributed by atoms with Crippen LogP contribution >= 0.6 is 23.1 Å². The smallest absolute Gasteiger partial charge is 0.191 e. The highest BCUT2D eigenvalue weighted by Crippen LogP contribution is 2.22. The molecule has 0 aliphatic heterocycles. The lowest BCUT2D eigenvalue weighted by Gasteiger charge is -2.06. The summed E-state index contributed by atoms with van der Waals surface area (Å²) >= 11 is 3.14. The van der Waals surface area contributed by atoms with E-state index in [1.807, 2.05) is 43.7 Å². The predicted octanol–water partition coefficient (Wildman–Crippen LogP) is 4.05. The van der Waals surface area contributed by atoms with Gasteiger partial charge in [-0.25, -0.2) is 0 Å². The van der Waals surface area contributed by atoms with Gasteiger partial charge in [-0.15, -0.1) is 28.1 Å². The number of allylic oxidation sites excluding steroid dienone is 1. The average Bonchev–Trinajstić information content (AvgIpc) is 3.32. The van der Waals surface area contributed by atoms with Crippen molar-refractivity contribution >= 4 is 28.9 Å². The van der Waals surface area contributed by atoms with E-state index >= 15 is 0 Å². The minimum Gasteiger partial charge on any atom is -0.345 e. The maximum absolute atomic E-state index is 12.7. The molecule has 0 spiro atoms. The Morgan fingerprint density at radius 1 is 1.38 bits per heavy atom. The summed E-state index contributed by atoms with van der Waals surface area (Å²) in [4.78, 5) is 13.9. The molecule has 0 aromatic carbocycles. The number of aromatic nitrogens is 4. The molecule has 0 unspecified atom stereocenters. The van der Waals surface area contributed by atoms with Crippen LogP contribution in [0.3, 0.4) is 0 Å². The van der Waals surface area contributed by atoms with Crippen LogP contribution in [0, 0.1) is 13.8 Å². The van der Waals surface area contributed by atoms with E-state index in [0.717, 1.165) is 34.4 Å². The van der Waals surface area contributed by atoms with E-state index in [0.29, 0.717) is 12.3 Å². The second kappa shape index (κ2) is 8.05. The molecular weight excluding hydrogens is 364 g/mol. The van der Waals surface area contributed by atoms with E-state index in [4.69, 9.17) is 0 Å². The molecule has 3 heterocycles. The number of nitrogens with zero attached hydrogens (tertiary/aromatic N) is 4. The van der Waals surface area contributed by atoms with Gasteiger partial charge < -0.3 is 9.13 Å². The van der Waals surface area contributed by atoms with Crippen LogP contribution in [0.2, 0.25) is 0 Å². The second-order valence-corrected chi connectivity index (χ2v) is 8.08. The van der Waals surface area contributed by atoms with Crippen LogP contribution in [0.15, 0.2) is 41.4 Å². The molecule has 0 N–H and O–H groups in total. The summed E-state index contributed by atoms with van der Waals surface area (Å²) in [7, 11) is 1.95. The summed E-state index contributed by atoms with van der Waals surface area (Å²) in [5.74, 6) is 1.37. The number of hydrogen-bond donors (Lipinski definition) is 0. The highest BCUT2D eigenvalue weighted by atomic mass is 32.2. The van der Waals surface area contributed by atoms with Gasteiger partial charge in [-0.05, 0) is 31.4 Å². The Morgan fingerprint density at radius 3 is 2.88 bits per heavy atom. The van der Waals surface area contributed by atoms with Gasteiger partial charge in [-0.2, -0.15) is 0 Å². The quantitative estimate of drug-likeness (QED) is 0.333. The van der Waals surface area contributed by atoms with Gasteiger partial charge in [0.15, 0.2) is 10.9 Å². The highest BCUT2D eigenvalue weighted by Gasteiger charge is 2.17. The van der Waals surface area contributed by atoms with E-state index < -0.39 is 0 Å². The van der Waals surface area contributed by atoms with Crippen molar-refractivity contribution in [1.29, 1.82) is 0 Å². The van der Waals surface area contributed by atoms with Crippen LogP contribution in [0.25, 0.3) is 0 Å². The minimum atomic E-state index is 0.112. The fraction of sp³-hybridized carbons (Fsp3) is 0.316. The lowest BCUT2D eigenvalue weighted by Crippen LogP contribution is -2.07. The number of thiophene rings is 1. The molecule has 5 nitrogen and oxygen atoms in total. The van der Waals surface area contributed by atoms with E-state index in [-0.39, 0.29) is 5.78 Å². The number of thioether (sulfide) groups is 1. The van der Waals surface area contributed by atoms with Crippen LogP contribution in [-0.4, -0.2) is 30.9 Å². The van der Waals surface area contributed by atoms with Crippen molar-refractivity contribution < 1.29 is 4.79 Å². The van der Waals surface area contributed by atoms with Crippen LogP contribution in [0.1, 0.15) is 32.4 Å². The number of Topliss-reactive ketones (excluding diaryl/α,β-unsaturated/α-hetero) is 1. The number of carbonyl (C=O) groups is 1. The Balaban J connectivity index is 1.68. The lowest BCUT2D eigenvalue weighted by molar-refractivity contribution is 0.102. The van der Waals surface area contributed by atoms with Crippen LogP contribution in [0.5, 0.6) is 0 Å². The fourth-order valence-corrected chi connectivity index (χ4v) is 4.41. The summed E-state index contributed by atoms with van der Waals surface area (Å²) < 4.78 is 4.07. The Bertz CT molecular complexity index is 922. The van der Waals surface area contributed by atoms with Gasteiger partial charge >= 0.3 is 0 Å². The number of hydrogen-bond acceptors (Lipinski definition) is 5. The molecule has 3 rings (SSSR count). The summed E-state index contributed by atoms with van der Waals surface area (Å²) in [5, 5.41) is 11.3. The molecule has 0 saturated heterocycles. The molecule has 7 heteroatoms. The number of ketones is 1. The zero-order chi connectivity index (χ0) is 18.7. The highest BCUT2D eigenvalue weighted by molar-refractivity contribution is 7.99. The summed E-state index contributed by atoms with van der Waals surface area (Å²) in [6.07, 6.45) is 2.61. The summed E-state index contributed by atoms with van der Waals surface area (Å²) in [6, 6.07) is 6.09. The fourth-order valence-electron chi connectivity index (χ4n) is 2.90. The lowest BCUT2D eigenvalue weighted by atomic mass is 10.2. The topological polar surface area (TPSA) is 52.7 Å². The summed E-state index contributed by atoms with van der Waals surface area (Å²) in [6.45, 7) is 8.49. The van der Waals surface area contributed by atoms with E-state index in [1.165, 1.54) is 16.6 Å². The first-order chi connectivity index (χ1) is 12.5. The molecule has 0 bridgehead atoms.